The van der Waals surface area contributed by atoms with Gasteiger partial charge in [0.25, 0.3) is 0 Å². The number of hydrogen-bond acceptors (Lipinski definition) is 4. The summed E-state index contributed by atoms with van der Waals surface area (Å²) in [7, 11) is 0. The zero-order valence-corrected chi connectivity index (χ0v) is 16.6. The fourth-order valence-electron chi connectivity index (χ4n) is 4.88. The van der Waals surface area contributed by atoms with Crippen LogP contribution in [0.1, 0.15) is 35.1 Å². The van der Waals surface area contributed by atoms with E-state index in [4.69, 9.17) is 9.47 Å². The Morgan fingerprint density at radius 1 is 0.857 bits per heavy atom. The van der Waals surface area contributed by atoms with Crippen LogP contribution >= 0.6 is 0 Å². The fraction of sp³-hybridized carbons (Fsp3) is 0.500. The summed E-state index contributed by atoms with van der Waals surface area (Å²) in [6.45, 7) is 7.78. The second-order valence-corrected chi connectivity index (χ2v) is 8.33. The van der Waals surface area contributed by atoms with Crippen molar-refractivity contribution < 1.29 is 9.47 Å². The largest absolute Gasteiger partial charge is 0.492 e. The van der Waals surface area contributed by atoms with Gasteiger partial charge in [0.1, 0.15) is 12.4 Å². The summed E-state index contributed by atoms with van der Waals surface area (Å²) in [6.07, 6.45) is 3.44. The van der Waals surface area contributed by atoms with Gasteiger partial charge in [-0.25, -0.2) is 0 Å². The molecule has 5 rings (SSSR count). The first kappa shape index (κ1) is 18.2. The van der Waals surface area contributed by atoms with E-state index in [1.165, 1.54) is 22.3 Å². The summed E-state index contributed by atoms with van der Waals surface area (Å²) >= 11 is 0. The Hall–Kier alpha value is -1.88. The van der Waals surface area contributed by atoms with Gasteiger partial charge in [-0.2, -0.15) is 0 Å². The van der Waals surface area contributed by atoms with Crippen molar-refractivity contribution in [2.75, 3.05) is 32.9 Å². The van der Waals surface area contributed by atoms with Crippen LogP contribution in [-0.4, -0.2) is 48.8 Å². The first-order chi connectivity index (χ1) is 13.8. The van der Waals surface area contributed by atoms with Crippen molar-refractivity contribution in [1.29, 1.82) is 0 Å². The third-order valence-electron chi connectivity index (χ3n) is 6.46. The third-order valence-corrected chi connectivity index (χ3v) is 6.46. The summed E-state index contributed by atoms with van der Waals surface area (Å²) < 4.78 is 11.6. The molecule has 0 atom stereocenters. The highest BCUT2D eigenvalue weighted by molar-refractivity contribution is 5.38. The van der Waals surface area contributed by atoms with Gasteiger partial charge >= 0.3 is 0 Å². The minimum absolute atomic E-state index is 0.630. The highest BCUT2D eigenvalue weighted by Crippen LogP contribution is 2.28. The van der Waals surface area contributed by atoms with E-state index in [9.17, 15) is 0 Å². The van der Waals surface area contributed by atoms with Crippen molar-refractivity contribution in [2.24, 2.45) is 0 Å². The topological polar surface area (TPSA) is 24.9 Å². The minimum atomic E-state index is 0.630. The lowest BCUT2D eigenvalue weighted by molar-refractivity contribution is 0.0294. The lowest BCUT2D eigenvalue weighted by Crippen LogP contribution is -2.40. The molecule has 0 amide bonds. The van der Waals surface area contributed by atoms with Crippen molar-refractivity contribution >= 4 is 0 Å². The summed E-state index contributed by atoms with van der Waals surface area (Å²) in [5.41, 5.74) is 5.74. The molecule has 1 saturated heterocycles. The van der Waals surface area contributed by atoms with E-state index in [0.29, 0.717) is 6.04 Å². The van der Waals surface area contributed by atoms with E-state index >= 15 is 0 Å². The first-order valence-electron chi connectivity index (χ1n) is 10.7. The van der Waals surface area contributed by atoms with Crippen LogP contribution in [0.15, 0.2) is 42.5 Å². The molecule has 3 aliphatic heterocycles. The second-order valence-electron chi connectivity index (χ2n) is 8.33. The maximum Gasteiger partial charge on any atom is 0.123 e. The normalized spacial score (nSPS) is 21.4. The van der Waals surface area contributed by atoms with Gasteiger partial charge in [-0.1, -0.05) is 30.3 Å². The van der Waals surface area contributed by atoms with Gasteiger partial charge in [-0.15, -0.1) is 0 Å². The van der Waals surface area contributed by atoms with Crippen LogP contribution < -0.4 is 4.74 Å². The molecule has 0 spiro atoms. The average molecular weight is 379 g/mol. The predicted molar refractivity (Wildman–Crippen MR) is 110 cm³/mol. The second kappa shape index (κ2) is 8.24. The number of fused-ring (bicyclic) bond motifs is 2. The average Bonchev–Trinajstić information content (AvgIpc) is 2.96. The van der Waals surface area contributed by atoms with Gasteiger partial charge in [0.2, 0.25) is 0 Å². The molecule has 3 aliphatic rings. The Labute approximate surface area is 168 Å². The van der Waals surface area contributed by atoms with Gasteiger partial charge in [0, 0.05) is 57.5 Å². The smallest absolute Gasteiger partial charge is 0.123 e. The predicted octanol–water partition coefficient (Wildman–Crippen LogP) is 3.62. The number of nitrogens with zero attached hydrogens (tertiary/aromatic N) is 2. The Bertz CT molecular complexity index is 816. The van der Waals surface area contributed by atoms with Gasteiger partial charge < -0.3 is 9.47 Å². The van der Waals surface area contributed by atoms with E-state index in [1.807, 2.05) is 0 Å². The van der Waals surface area contributed by atoms with E-state index in [-0.39, 0.29) is 0 Å². The molecule has 0 aliphatic carbocycles. The molecule has 1 fully saturated rings. The molecule has 0 unspecified atom stereocenters. The Balaban J connectivity index is 1.29. The Morgan fingerprint density at radius 3 is 2.61 bits per heavy atom. The molecule has 28 heavy (non-hydrogen) atoms. The molecule has 4 heteroatoms. The van der Waals surface area contributed by atoms with Crippen LogP contribution in [0, 0.1) is 0 Å². The van der Waals surface area contributed by atoms with Crippen LogP contribution in [0.5, 0.6) is 5.75 Å². The van der Waals surface area contributed by atoms with Crippen molar-refractivity contribution in [3.63, 3.8) is 0 Å². The fourth-order valence-corrected chi connectivity index (χ4v) is 4.88. The summed E-state index contributed by atoms with van der Waals surface area (Å²) in [5.74, 6) is 1.07. The van der Waals surface area contributed by atoms with Crippen LogP contribution in [0.3, 0.4) is 0 Å². The van der Waals surface area contributed by atoms with Crippen molar-refractivity contribution in [3.05, 3.63) is 64.7 Å². The lowest BCUT2D eigenvalue weighted by atomic mass is 9.99. The molecule has 3 heterocycles. The molecule has 0 bridgehead atoms. The van der Waals surface area contributed by atoms with E-state index in [1.54, 1.807) is 0 Å². The highest BCUT2D eigenvalue weighted by Gasteiger charge is 2.25. The van der Waals surface area contributed by atoms with Gasteiger partial charge in [-0.05, 0) is 48.1 Å². The van der Waals surface area contributed by atoms with Crippen molar-refractivity contribution in [1.82, 2.24) is 9.80 Å². The Kier molecular flexibility index (Phi) is 5.34. The minimum Gasteiger partial charge on any atom is -0.492 e. The maximum absolute atomic E-state index is 6.07. The van der Waals surface area contributed by atoms with E-state index in [0.717, 1.165) is 77.6 Å². The van der Waals surface area contributed by atoms with Crippen LogP contribution in [0.4, 0.5) is 0 Å². The standard InChI is InChI=1S/C24H30N2O2/c1-2-4-21-17-25(10-7-20(21)3-1)16-19-5-6-24-22(15-19)18-26(11-14-28-24)23-8-12-27-13-9-23/h1-6,15,23H,7-14,16-18H2. The quantitative estimate of drug-likeness (QED) is 0.815. The Morgan fingerprint density at radius 2 is 1.71 bits per heavy atom. The number of benzene rings is 2. The number of hydrogen-bond donors (Lipinski definition) is 0. The zero-order valence-electron chi connectivity index (χ0n) is 16.6. The lowest BCUT2D eigenvalue weighted by Gasteiger charge is -2.33. The summed E-state index contributed by atoms with van der Waals surface area (Å²) in [5, 5.41) is 0. The zero-order chi connectivity index (χ0) is 18.8. The van der Waals surface area contributed by atoms with Crippen LogP contribution in [0.2, 0.25) is 0 Å². The molecule has 2 aromatic carbocycles. The highest BCUT2D eigenvalue weighted by atomic mass is 16.5. The molecule has 2 aromatic rings. The first-order valence-corrected chi connectivity index (χ1v) is 10.7. The SMILES string of the molecule is c1ccc2c(c1)CCN(Cc1ccc3c(c1)CN(C1CCOCC1)CCO3)C2. The molecule has 0 N–H and O–H groups in total. The third kappa shape index (κ3) is 3.95. The van der Waals surface area contributed by atoms with Gasteiger partial charge in [-0.3, -0.25) is 9.80 Å². The molecule has 148 valence electrons. The van der Waals surface area contributed by atoms with Crippen molar-refractivity contribution in [2.45, 2.75) is 44.9 Å². The van der Waals surface area contributed by atoms with Crippen molar-refractivity contribution in [3.8, 4) is 5.75 Å². The molecule has 4 nitrogen and oxygen atoms in total. The number of rotatable bonds is 3. The monoisotopic (exact) mass is 378 g/mol. The molecule has 0 aromatic heterocycles. The van der Waals surface area contributed by atoms with E-state index < -0.39 is 0 Å². The molecular weight excluding hydrogens is 348 g/mol. The molecule has 0 radical (unpaired) electrons. The van der Waals surface area contributed by atoms with Crippen LogP contribution in [0.25, 0.3) is 0 Å². The number of ether oxygens (including phenoxy) is 2. The summed E-state index contributed by atoms with van der Waals surface area (Å²) in [6, 6.07) is 16.3. The molecular formula is C24H30N2O2. The van der Waals surface area contributed by atoms with Crippen LogP contribution in [-0.2, 0) is 30.8 Å². The van der Waals surface area contributed by atoms with E-state index in [2.05, 4.69) is 52.3 Å². The maximum atomic E-state index is 6.07. The molecule has 0 saturated carbocycles. The van der Waals surface area contributed by atoms with Gasteiger partial charge in [0.15, 0.2) is 0 Å². The van der Waals surface area contributed by atoms with Gasteiger partial charge in [0.05, 0.1) is 0 Å². The summed E-state index contributed by atoms with van der Waals surface area (Å²) in [4.78, 5) is 5.17.